The second-order valence-electron chi connectivity index (χ2n) is 4.34. The molecular formula is C14H9FN2O3S2. The summed E-state index contributed by atoms with van der Waals surface area (Å²) in [6.45, 7) is 0. The van der Waals surface area contributed by atoms with E-state index in [1.54, 1.807) is 29.8 Å². The van der Waals surface area contributed by atoms with E-state index in [2.05, 4.69) is 4.98 Å². The van der Waals surface area contributed by atoms with Gasteiger partial charge in [0.15, 0.2) is 5.76 Å². The first-order valence-electron chi connectivity index (χ1n) is 6.18. The second kappa shape index (κ2) is 6.29. The fraction of sp³-hybridized carbons (Fsp3) is 0.0714. The molecule has 2 aromatic heterocycles. The molecule has 0 saturated heterocycles. The van der Waals surface area contributed by atoms with Crippen LogP contribution in [0.4, 0.5) is 9.39 Å². The van der Waals surface area contributed by atoms with E-state index >= 15 is 0 Å². The van der Waals surface area contributed by atoms with Crippen LogP contribution >= 0.6 is 23.1 Å². The number of aromatic nitrogens is 1. The number of halogens is 1. The molecule has 5 nitrogen and oxygen atoms in total. The number of oxazole rings is 1. The van der Waals surface area contributed by atoms with Crippen LogP contribution in [0, 0.1) is 15.9 Å². The minimum Gasteiger partial charge on any atom is -0.431 e. The number of benzene rings is 1. The van der Waals surface area contributed by atoms with Crippen molar-refractivity contribution in [3.8, 4) is 11.3 Å². The first kappa shape index (κ1) is 14.7. The van der Waals surface area contributed by atoms with Gasteiger partial charge in [-0.15, -0.1) is 0 Å². The summed E-state index contributed by atoms with van der Waals surface area (Å²) in [6, 6.07) is 7.49. The van der Waals surface area contributed by atoms with Crippen LogP contribution < -0.4 is 0 Å². The fourth-order valence-electron chi connectivity index (χ4n) is 1.75. The molecule has 3 aromatic rings. The van der Waals surface area contributed by atoms with Gasteiger partial charge in [-0.2, -0.15) is 0 Å². The lowest BCUT2D eigenvalue weighted by molar-refractivity contribution is -0.380. The molecule has 0 bridgehead atoms. The first-order chi connectivity index (χ1) is 10.6. The monoisotopic (exact) mass is 336 g/mol. The van der Waals surface area contributed by atoms with Gasteiger partial charge in [0.2, 0.25) is 0 Å². The average Bonchev–Trinajstić information content (AvgIpc) is 3.15. The van der Waals surface area contributed by atoms with E-state index in [4.69, 9.17) is 4.42 Å². The van der Waals surface area contributed by atoms with Crippen molar-refractivity contribution in [2.75, 3.05) is 0 Å². The zero-order valence-corrected chi connectivity index (χ0v) is 12.7. The standard InChI is InChI=1S/C14H9FN2O3S2/c15-11-3-1-10(2-4-11)12-6-16-14(20-12)22-8-9-5-13(17(18)19)21-7-9/h1-7H,8H2. The van der Waals surface area contributed by atoms with E-state index in [0.29, 0.717) is 16.7 Å². The molecule has 0 amide bonds. The third kappa shape index (κ3) is 3.34. The topological polar surface area (TPSA) is 69.2 Å². The summed E-state index contributed by atoms with van der Waals surface area (Å²) in [6.07, 6.45) is 1.58. The third-order valence-electron chi connectivity index (χ3n) is 2.80. The number of hydrogen-bond donors (Lipinski definition) is 0. The highest BCUT2D eigenvalue weighted by Crippen LogP contribution is 2.30. The van der Waals surface area contributed by atoms with E-state index in [0.717, 1.165) is 22.5 Å². The van der Waals surface area contributed by atoms with Crippen LogP contribution in [-0.2, 0) is 5.75 Å². The SMILES string of the molecule is O=[N+]([O-])c1cc(CSc2ncc(-c3ccc(F)cc3)o2)cs1. The maximum absolute atomic E-state index is 12.9. The number of hydrogen-bond acceptors (Lipinski definition) is 6. The molecule has 0 fully saturated rings. The fourth-order valence-corrected chi connectivity index (χ4v) is 3.32. The van der Waals surface area contributed by atoms with Crippen molar-refractivity contribution in [3.63, 3.8) is 0 Å². The Morgan fingerprint density at radius 2 is 2.14 bits per heavy atom. The molecule has 8 heteroatoms. The van der Waals surface area contributed by atoms with E-state index in [-0.39, 0.29) is 10.8 Å². The van der Waals surface area contributed by atoms with Crippen molar-refractivity contribution in [3.05, 3.63) is 63.4 Å². The molecule has 0 spiro atoms. The summed E-state index contributed by atoms with van der Waals surface area (Å²) in [5.74, 6) is 0.781. The van der Waals surface area contributed by atoms with Crippen LogP contribution in [0.1, 0.15) is 5.56 Å². The van der Waals surface area contributed by atoms with E-state index in [9.17, 15) is 14.5 Å². The quantitative estimate of drug-likeness (QED) is 0.382. The van der Waals surface area contributed by atoms with Crippen molar-refractivity contribution in [2.24, 2.45) is 0 Å². The predicted octanol–water partition coefficient (Wildman–Crippen LogP) is 4.74. The highest BCUT2D eigenvalue weighted by molar-refractivity contribution is 7.98. The number of nitrogens with zero attached hydrogens (tertiary/aromatic N) is 2. The van der Waals surface area contributed by atoms with Crippen LogP contribution in [0.5, 0.6) is 0 Å². The first-order valence-corrected chi connectivity index (χ1v) is 8.05. The Balaban J connectivity index is 1.66. The zero-order chi connectivity index (χ0) is 15.5. The van der Waals surface area contributed by atoms with Crippen molar-refractivity contribution in [2.45, 2.75) is 11.0 Å². The minimum atomic E-state index is -0.406. The molecule has 0 N–H and O–H groups in total. The lowest BCUT2D eigenvalue weighted by Gasteiger charge is -1.96. The molecule has 1 aromatic carbocycles. The summed E-state index contributed by atoms with van der Waals surface area (Å²) >= 11 is 2.45. The van der Waals surface area contributed by atoms with E-state index in [1.807, 2.05) is 0 Å². The molecule has 2 heterocycles. The smallest absolute Gasteiger partial charge is 0.324 e. The van der Waals surface area contributed by atoms with Gasteiger partial charge in [-0.1, -0.05) is 23.1 Å². The Morgan fingerprint density at radius 1 is 1.36 bits per heavy atom. The van der Waals surface area contributed by atoms with Crippen LogP contribution in [0.15, 0.2) is 51.5 Å². The van der Waals surface area contributed by atoms with Gasteiger partial charge >= 0.3 is 5.00 Å². The maximum atomic E-state index is 12.9. The largest absolute Gasteiger partial charge is 0.431 e. The maximum Gasteiger partial charge on any atom is 0.324 e. The summed E-state index contributed by atoms with van der Waals surface area (Å²) in [5, 5.41) is 13.0. The zero-order valence-electron chi connectivity index (χ0n) is 11.1. The molecule has 0 atom stereocenters. The molecule has 0 aliphatic carbocycles. The molecule has 0 aliphatic rings. The van der Waals surface area contributed by atoms with Gasteiger partial charge in [0.05, 0.1) is 11.1 Å². The lowest BCUT2D eigenvalue weighted by atomic mass is 10.2. The molecule has 3 rings (SSSR count). The van der Waals surface area contributed by atoms with Gasteiger partial charge < -0.3 is 4.42 Å². The highest BCUT2D eigenvalue weighted by atomic mass is 32.2. The Morgan fingerprint density at radius 3 is 2.82 bits per heavy atom. The van der Waals surface area contributed by atoms with Crippen molar-refractivity contribution >= 4 is 28.1 Å². The highest BCUT2D eigenvalue weighted by Gasteiger charge is 2.12. The second-order valence-corrected chi connectivity index (χ2v) is 6.15. The Hall–Kier alpha value is -2.19. The summed E-state index contributed by atoms with van der Waals surface area (Å²) in [4.78, 5) is 14.4. The number of rotatable bonds is 5. The summed E-state index contributed by atoms with van der Waals surface area (Å²) in [7, 11) is 0. The predicted molar refractivity (Wildman–Crippen MR) is 82.4 cm³/mol. The Bertz CT molecular complexity index is 799. The Labute approximate surface area is 133 Å². The number of thioether (sulfide) groups is 1. The number of thiophene rings is 1. The van der Waals surface area contributed by atoms with Crippen molar-refractivity contribution in [1.82, 2.24) is 4.98 Å². The van der Waals surface area contributed by atoms with Gasteiger partial charge in [0.25, 0.3) is 5.22 Å². The van der Waals surface area contributed by atoms with Gasteiger partial charge in [0, 0.05) is 22.8 Å². The van der Waals surface area contributed by atoms with E-state index in [1.165, 1.54) is 23.9 Å². The molecule has 22 heavy (non-hydrogen) atoms. The van der Waals surface area contributed by atoms with Gasteiger partial charge in [-0.25, -0.2) is 9.37 Å². The summed E-state index contributed by atoms with van der Waals surface area (Å²) in [5.41, 5.74) is 1.59. The minimum absolute atomic E-state index is 0.120. The Kier molecular flexibility index (Phi) is 4.21. The average molecular weight is 336 g/mol. The van der Waals surface area contributed by atoms with Crippen LogP contribution in [0.2, 0.25) is 0 Å². The molecule has 112 valence electrons. The number of nitro groups is 1. The van der Waals surface area contributed by atoms with Gasteiger partial charge in [-0.05, 0) is 29.8 Å². The van der Waals surface area contributed by atoms with Crippen LogP contribution in [-0.4, -0.2) is 9.91 Å². The van der Waals surface area contributed by atoms with Crippen LogP contribution in [0.25, 0.3) is 11.3 Å². The molecule has 0 saturated carbocycles. The van der Waals surface area contributed by atoms with Crippen LogP contribution in [0.3, 0.4) is 0 Å². The third-order valence-corrected chi connectivity index (χ3v) is 4.64. The molecular weight excluding hydrogens is 327 g/mol. The normalized spacial score (nSPS) is 10.8. The van der Waals surface area contributed by atoms with Gasteiger partial charge in [-0.3, -0.25) is 10.1 Å². The van der Waals surface area contributed by atoms with Gasteiger partial charge in [0.1, 0.15) is 5.82 Å². The molecule has 0 unspecified atom stereocenters. The van der Waals surface area contributed by atoms with E-state index < -0.39 is 4.92 Å². The summed E-state index contributed by atoms with van der Waals surface area (Å²) < 4.78 is 18.5. The molecule has 0 aliphatic heterocycles. The molecule has 0 radical (unpaired) electrons. The van der Waals surface area contributed by atoms with Crippen molar-refractivity contribution in [1.29, 1.82) is 0 Å². The lowest BCUT2D eigenvalue weighted by Crippen LogP contribution is -1.82. The van der Waals surface area contributed by atoms with Crippen molar-refractivity contribution < 1.29 is 13.7 Å².